The maximum atomic E-state index is 12.5. The molecule has 1 atom stereocenters. The number of hydrogen-bond donors (Lipinski definition) is 0. The van der Waals surface area contributed by atoms with Crippen molar-refractivity contribution in [2.24, 2.45) is 14.1 Å². The number of nitrogens with zero attached hydrogens (tertiary/aromatic N) is 4. The molecule has 0 fully saturated rings. The van der Waals surface area contributed by atoms with Gasteiger partial charge in [0, 0.05) is 19.7 Å². The number of ether oxygens (including phenoxy) is 1. The van der Waals surface area contributed by atoms with Gasteiger partial charge in [0.15, 0.2) is 16.0 Å². The molecule has 0 amide bonds. The number of benzene rings is 1. The standard InChI is InChI=1S/C16H16N4O5S/c1-8(14(22)24-4)20-10-7-9(5-6-11(10)25-16(20)23)12-13(21)18(2)15(26)19(3)17-12/h5-8H,1-4H3/t8-/m1/s1. The average Bonchev–Trinajstić information content (AvgIpc) is 2.96. The van der Waals surface area contributed by atoms with Crippen molar-refractivity contribution in [3.05, 3.63) is 43.9 Å². The zero-order valence-electron chi connectivity index (χ0n) is 14.5. The van der Waals surface area contributed by atoms with E-state index in [9.17, 15) is 14.4 Å². The van der Waals surface area contributed by atoms with Crippen molar-refractivity contribution in [3.8, 4) is 11.3 Å². The molecule has 0 spiro atoms. The van der Waals surface area contributed by atoms with Gasteiger partial charge in [0.1, 0.15) is 6.04 Å². The van der Waals surface area contributed by atoms with Crippen LogP contribution < -0.4 is 11.3 Å². The molecule has 0 saturated carbocycles. The van der Waals surface area contributed by atoms with E-state index in [1.54, 1.807) is 32.3 Å². The van der Waals surface area contributed by atoms with Gasteiger partial charge in [-0.3, -0.25) is 13.9 Å². The van der Waals surface area contributed by atoms with E-state index in [0.29, 0.717) is 11.1 Å². The number of carbonyl (C=O) groups excluding carboxylic acids is 1. The van der Waals surface area contributed by atoms with Crippen molar-refractivity contribution in [2.45, 2.75) is 13.0 Å². The molecule has 0 aliphatic rings. The summed E-state index contributed by atoms with van der Waals surface area (Å²) in [4.78, 5) is 36.5. The van der Waals surface area contributed by atoms with E-state index in [1.807, 2.05) is 0 Å². The first-order valence-corrected chi connectivity index (χ1v) is 8.04. The minimum Gasteiger partial charge on any atom is -0.467 e. The minimum absolute atomic E-state index is 0.163. The van der Waals surface area contributed by atoms with E-state index >= 15 is 0 Å². The van der Waals surface area contributed by atoms with Crippen molar-refractivity contribution < 1.29 is 13.9 Å². The summed E-state index contributed by atoms with van der Waals surface area (Å²) in [6.07, 6.45) is 0. The summed E-state index contributed by atoms with van der Waals surface area (Å²) in [7, 11) is 4.43. The summed E-state index contributed by atoms with van der Waals surface area (Å²) in [6, 6.07) is 3.86. The summed E-state index contributed by atoms with van der Waals surface area (Å²) in [5.41, 5.74) is 0.910. The Kier molecular flexibility index (Phi) is 4.36. The summed E-state index contributed by atoms with van der Waals surface area (Å²) in [5, 5.41) is 4.21. The van der Waals surface area contributed by atoms with Crippen molar-refractivity contribution in [3.63, 3.8) is 0 Å². The summed E-state index contributed by atoms with van der Waals surface area (Å²) in [6.45, 7) is 1.53. The van der Waals surface area contributed by atoms with Crippen molar-refractivity contribution in [2.75, 3.05) is 7.11 Å². The highest BCUT2D eigenvalue weighted by Gasteiger charge is 2.22. The van der Waals surface area contributed by atoms with Gasteiger partial charge in [-0.25, -0.2) is 14.3 Å². The lowest BCUT2D eigenvalue weighted by Crippen LogP contribution is -2.26. The first-order chi connectivity index (χ1) is 12.3. The van der Waals surface area contributed by atoms with Gasteiger partial charge >= 0.3 is 11.7 Å². The molecular weight excluding hydrogens is 360 g/mol. The number of rotatable bonds is 3. The van der Waals surface area contributed by atoms with Gasteiger partial charge in [0.25, 0.3) is 5.56 Å². The zero-order chi connectivity index (χ0) is 19.2. The van der Waals surface area contributed by atoms with Crippen molar-refractivity contribution >= 4 is 29.3 Å². The van der Waals surface area contributed by atoms with Gasteiger partial charge in [-0.1, -0.05) is 0 Å². The summed E-state index contributed by atoms with van der Waals surface area (Å²) in [5.74, 6) is -1.28. The molecule has 9 nitrogen and oxygen atoms in total. The van der Waals surface area contributed by atoms with E-state index in [4.69, 9.17) is 21.4 Å². The number of oxazole rings is 1. The normalized spacial score (nSPS) is 12.3. The van der Waals surface area contributed by atoms with Gasteiger partial charge in [0.2, 0.25) is 0 Å². The molecule has 3 rings (SSSR count). The lowest BCUT2D eigenvalue weighted by atomic mass is 10.1. The number of aromatic nitrogens is 4. The maximum absolute atomic E-state index is 12.5. The van der Waals surface area contributed by atoms with E-state index in [1.165, 1.54) is 27.8 Å². The van der Waals surface area contributed by atoms with Crippen LogP contribution in [-0.2, 0) is 23.6 Å². The van der Waals surface area contributed by atoms with Gasteiger partial charge in [-0.15, -0.1) is 0 Å². The molecule has 1 aromatic carbocycles. The third kappa shape index (κ3) is 2.68. The van der Waals surface area contributed by atoms with Crippen LogP contribution in [0.2, 0.25) is 0 Å². The maximum Gasteiger partial charge on any atom is 0.420 e. The molecule has 0 radical (unpaired) electrons. The highest BCUT2D eigenvalue weighted by atomic mass is 32.1. The lowest BCUT2D eigenvalue weighted by molar-refractivity contribution is -0.144. The molecular formula is C16H16N4O5S. The first-order valence-electron chi connectivity index (χ1n) is 7.64. The first kappa shape index (κ1) is 17.8. The fourth-order valence-electron chi connectivity index (χ4n) is 2.70. The van der Waals surface area contributed by atoms with Crippen molar-refractivity contribution in [1.82, 2.24) is 18.9 Å². The number of hydrogen-bond acceptors (Lipinski definition) is 7. The second-order valence-corrected chi connectivity index (χ2v) is 6.10. The van der Waals surface area contributed by atoms with Crippen molar-refractivity contribution in [1.29, 1.82) is 0 Å². The van der Waals surface area contributed by atoms with Crippen LogP contribution in [0.15, 0.2) is 32.2 Å². The second kappa shape index (κ2) is 6.37. The van der Waals surface area contributed by atoms with Crippen LogP contribution >= 0.6 is 12.2 Å². The fraction of sp³-hybridized carbons (Fsp3) is 0.312. The Morgan fingerprint density at radius 2 is 2.00 bits per heavy atom. The molecule has 2 heterocycles. The van der Waals surface area contributed by atoms with Crippen LogP contribution in [0.3, 0.4) is 0 Å². The molecule has 0 saturated heterocycles. The van der Waals surface area contributed by atoms with Crippen LogP contribution in [0, 0.1) is 4.77 Å². The minimum atomic E-state index is -0.883. The molecule has 0 bridgehead atoms. The Morgan fingerprint density at radius 3 is 2.65 bits per heavy atom. The third-order valence-electron chi connectivity index (χ3n) is 4.14. The van der Waals surface area contributed by atoms with E-state index in [0.717, 1.165) is 0 Å². The number of carbonyl (C=O) groups is 1. The van der Waals surface area contributed by atoms with Crippen LogP contribution in [0.25, 0.3) is 22.4 Å². The van der Waals surface area contributed by atoms with Crippen LogP contribution in [-0.4, -0.2) is 32.0 Å². The molecule has 136 valence electrons. The number of aryl methyl sites for hydroxylation is 1. The number of methoxy groups -OCH3 is 1. The van der Waals surface area contributed by atoms with Gasteiger partial charge < -0.3 is 9.15 Å². The SMILES string of the molecule is COC(=O)[C@@H](C)n1c(=O)oc2ccc(-c3nn(C)c(=S)n(C)c3=O)cc21. The molecule has 0 aliphatic carbocycles. The predicted molar refractivity (Wildman–Crippen MR) is 95.5 cm³/mol. The van der Waals surface area contributed by atoms with Gasteiger partial charge in [0.05, 0.1) is 12.6 Å². The molecule has 26 heavy (non-hydrogen) atoms. The van der Waals surface area contributed by atoms with E-state index in [2.05, 4.69) is 5.10 Å². The zero-order valence-corrected chi connectivity index (χ0v) is 15.4. The molecule has 0 aliphatic heterocycles. The molecule has 10 heteroatoms. The Bertz CT molecular complexity index is 1200. The molecule has 0 N–H and O–H groups in total. The lowest BCUT2D eigenvalue weighted by Gasteiger charge is -2.11. The smallest absolute Gasteiger partial charge is 0.420 e. The highest BCUT2D eigenvalue weighted by Crippen LogP contribution is 2.23. The van der Waals surface area contributed by atoms with Gasteiger partial charge in [-0.2, -0.15) is 5.10 Å². The summed E-state index contributed by atoms with van der Waals surface area (Å²) < 4.78 is 14.0. The largest absolute Gasteiger partial charge is 0.467 e. The molecule has 0 unspecified atom stereocenters. The molecule has 3 aromatic rings. The Morgan fingerprint density at radius 1 is 1.31 bits per heavy atom. The Hall–Kier alpha value is -3.01. The topological polar surface area (TPSA) is 101 Å². The third-order valence-corrected chi connectivity index (χ3v) is 4.67. The second-order valence-electron chi connectivity index (χ2n) is 5.74. The predicted octanol–water partition coefficient (Wildman–Crippen LogP) is 1.16. The van der Waals surface area contributed by atoms with Crippen LogP contribution in [0.4, 0.5) is 0 Å². The number of fused-ring (bicyclic) bond motifs is 1. The average molecular weight is 376 g/mol. The molecule has 2 aromatic heterocycles. The van der Waals surface area contributed by atoms with E-state index < -0.39 is 17.8 Å². The quantitative estimate of drug-likeness (QED) is 0.499. The van der Waals surface area contributed by atoms with Crippen LogP contribution in [0.1, 0.15) is 13.0 Å². The Labute approximate surface area is 152 Å². The van der Waals surface area contributed by atoms with E-state index in [-0.39, 0.29) is 21.6 Å². The summed E-state index contributed by atoms with van der Waals surface area (Å²) >= 11 is 5.12. The highest BCUT2D eigenvalue weighted by molar-refractivity contribution is 7.71. The monoisotopic (exact) mass is 376 g/mol. The van der Waals surface area contributed by atoms with Crippen LogP contribution in [0.5, 0.6) is 0 Å². The fourth-order valence-corrected chi connectivity index (χ4v) is 2.83. The number of esters is 1. The Balaban J connectivity index is 2.29. The van der Waals surface area contributed by atoms with Gasteiger partial charge in [-0.05, 0) is 37.3 Å².